The molecule has 0 radical (unpaired) electrons. The number of hydrogen-bond acceptors (Lipinski definition) is 3. The predicted molar refractivity (Wildman–Crippen MR) is 94.9 cm³/mol. The van der Waals surface area contributed by atoms with E-state index in [2.05, 4.69) is 15.9 Å². The molecule has 1 aliphatic heterocycles. The highest BCUT2D eigenvalue weighted by atomic mass is 79.9. The Balaban J connectivity index is 2.24. The van der Waals surface area contributed by atoms with Crippen molar-refractivity contribution in [3.05, 3.63) is 34.3 Å². The van der Waals surface area contributed by atoms with E-state index in [0.29, 0.717) is 19.4 Å². The average molecular weight is 398 g/mol. The number of ether oxygens (including phenoxy) is 1. The molecule has 1 unspecified atom stereocenters. The fraction of sp³-hybridized carbons (Fsp3) is 0.556. The summed E-state index contributed by atoms with van der Waals surface area (Å²) in [5.41, 5.74) is -0.817. The van der Waals surface area contributed by atoms with E-state index in [1.165, 1.54) is 7.11 Å². The van der Waals surface area contributed by atoms with Crippen LogP contribution < -0.4 is 0 Å². The molecule has 5 nitrogen and oxygen atoms in total. The molecule has 0 aliphatic carbocycles. The normalized spacial score (nSPS) is 21.6. The van der Waals surface area contributed by atoms with Crippen molar-refractivity contribution >= 4 is 27.8 Å². The number of aliphatic carboxylic acids is 1. The van der Waals surface area contributed by atoms with Crippen molar-refractivity contribution in [3.8, 4) is 0 Å². The van der Waals surface area contributed by atoms with E-state index in [0.717, 1.165) is 10.0 Å². The van der Waals surface area contributed by atoms with E-state index in [1.807, 2.05) is 38.1 Å². The maximum atomic E-state index is 13.1. The number of nitrogens with zero attached hydrogens (tertiary/aromatic N) is 1. The third-order valence-corrected chi connectivity index (χ3v) is 5.37. The Kier molecular flexibility index (Phi) is 5.71. The van der Waals surface area contributed by atoms with Crippen LogP contribution in [0.2, 0.25) is 0 Å². The van der Waals surface area contributed by atoms with Gasteiger partial charge in [0.2, 0.25) is 5.91 Å². The van der Waals surface area contributed by atoms with Gasteiger partial charge in [-0.2, -0.15) is 0 Å². The molecule has 1 aromatic rings. The number of carbonyl (C=O) groups is 2. The number of amides is 1. The minimum Gasteiger partial charge on any atom is -0.481 e. The Morgan fingerprint density at radius 2 is 1.96 bits per heavy atom. The standard InChI is InChI=1S/C18H24BrNO4/c1-17(2,13-5-7-14(19)8-6-13)15(21)20-10-4-9-18(11-20,12-24-3)16(22)23/h5-8H,4,9-12H2,1-3H3,(H,22,23). The molecule has 132 valence electrons. The molecule has 1 atom stereocenters. The van der Waals surface area contributed by atoms with Crippen LogP contribution in [-0.4, -0.2) is 48.7 Å². The molecule has 2 rings (SSSR count). The molecule has 1 aliphatic rings. The summed E-state index contributed by atoms with van der Waals surface area (Å²) in [5, 5.41) is 9.65. The number of carbonyl (C=O) groups excluding carboxylic acids is 1. The van der Waals surface area contributed by atoms with Gasteiger partial charge in [0.1, 0.15) is 5.41 Å². The van der Waals surface area contributed by atoms with Crippen LogP contribution in [0.3, 0.4) is 0 Å². The van der Waals surface area contributed by atoms with E-state index in [4.69, 9.17) is 4.74 Å². The van der Waals surface area contributed by atoms with E-state index in [9.17, 15) is 14.7 Å². The zero-order valence-corrected chi connectivity index (χ0v) is 15.9. The smallest absolute Gasteiger partial charge is 0.313 e. The van der Waals surface area contributed by atoms with Gasteiger partial charge < -0.3 is 14.7 Å². The molecule has 1 fully saturated rings. The third kappa shape index (κ3) is 3.64. The molecule has 0 bridgehead atoms. The van der Waals surface area contributed by atoms with Crippen LogP contribution in [0.1, 0.15) is 32.3 Å². The Labute approximate surface area is 151 Å². The van der Waals surface area contributed by atoms with Crippen LogP contribution in [-0.2, 0) is 19.7 Å². The van der Waals surface area contributed by atoms with Gasteiger partial charge in [-0.1, -0.05) is 28.1 Å². The lowest BCUT2D eigenvalue weighted by Crippen LogP contribution is -2.55. The summed E-state index contributed by atoms with van der Waals surface area (Å²) in [6, 6.07) is 7.66. The number of rotatable bonds is 5. The van der Waals surface area contributed by atoms with Crippen LogP contribution in [0.5, 0.6) is 0 Å². The minimum absolute atomic E-state index is 0.0498. The Bertz CT molecular complexity index is 610. The maximum absolute atomic E-state index is 13.1. The van der Waals surface area contributed by atoms with Crippen molar-refractivity contribution in [3.63, 3.8) is 0 Å². The van der Waals surface area contributed by atoms with Gasteiger partial charge in [-0.05, 0) is 44.4 Å². The molecule has 1 N–H and O–H groups in total. The summed E-state index contributed by atoms with van der Waals surface area (Å²) in [6.07, 6.45) is 1.19. The van der Waals surface area contributed by atoms with Gasteiger partial charge in [0.25, 0.3) is 0 Å². The fourth-order valence-electron chi connectivity index (χ4n) is 3.32. The van der Waals surface area contributed by atoms with Crippen molar-refractivity contribution < 1.29 is 19.4 Å². The molecule has 0 saturated carbocycles. The van der Waals surface area contributed by atoms with Crippen LogP contribution in [0.4, 0.5) is 0 Å². The second-order valence-corrected chi connectivity index (χ2v) is 7.90. The molecule has 24 heavy (non-hydrogen) atoms. The minimum atomic E-state index is -1.02. The van der Waals surface area contributed by atoms with Gasteiger partial charge in [-0.15, -0.1) is 0 Å². The molecule has 1 saturated heterocycles. The molecule has 0 aromatic heterocycles. The first-order chi connectivity index (χ1) is 11.2. The van der Waals surface area contributed by atoms with Crippen LogP contribution in [0, 0.1) is 5.41 Å². The summed E-state index contributed by atoms with van der Waals surface area (Å²) < 4.78 is 6.09. The van der Waals surface area contributed by atoms with Gasteiger partial charge in [-0.3, -0.25) is 9.59 Å². The second kappa shape index (κ2) is 7.23. The second-order valence-electron chi connectivity index (χ2n) is 6.98. The summed E-state index contributed by atoms with van der Waals surface area (Å²) in [7, 11) is 1.50. The largest absolute Gasteiger partial charge is 0.481 e. The van der Waals surface area contributed by atoms with Crippen molar-refractivity contribution in [2.45, 2.75) is 32.1 Å². The van der Waals surface area contributed by atoms with E-state index in [-0.39, 0.29) is 19.1 Å². The van der Waals surface area contributed by atoms with Crippen LogP contribution in [0.25, 0.3) is 0 Å². The first-order valence-electron chi connectivity index (χ1n) is 8.01. The quantitative estimate of drug-likeness (QED) is 0.828. The van der Waals surface area contributed by atoms with E-state index >= 15 is 0 Å². The average Bonchev–Trinajstić information content (AvgIpc) is 2.55. The molecule has 1 heterocycles. The van der Waals surface area contributed by atoms with Crippen LogP contribution in [0.15, 0.2) is 28.7 Å². The fourth-order valence-corrected chi connectivity index (χ4v) is 3.59. The molecule has 0 spiro atoms. The third-order valence-electron chi connectivity index (χ3n) is 4.84. The number of benzene rings is 1. The highest BCUT2D eigenvalue weighted by Gasteiger charge is 2.46. The zero-order valence-electron chi connectivity index (χ0n) is 14.3. The number of likely N-dealkylation sites (tertiary alicyclic amines) is 1. The number of halogens is 1. The lowest BCUT2D eigenvalue weighted by molar-refractivity contribution is -0.160. The SMILES string of the molecule is COCC1(C(=O)O)CCCN(C(=O)C(C)(C)c2ccc(Br)cc2)C1. The highest BCUT2D eigenvalue weighted by Crippen LogP contribution is 2.34. The molecule has 1 aromatic carbocycles. The van der Waals surface area contributed by atoms with Crippen molar-refractivity contribution in [1.29, 1.82) is 0 Å². The van der Waals surface area contributed by atoms with Gasteiger partial charge in [-0.25, -0.2) is 0 Å². The van der Waals surface area contributed by atoms with Crippen molar-refractivity contribution in [2.75, 3.05) is 26.8 Å². The predicted octanol–water partition coefficient (Wildman–Crippen LogP) is 3.07. The van der Waals surface area contributed by atoms with Crippen LogP contribution >= 0.6 is 15.9 Å². The zero-order chi connectivity index (χ0) is 18.0. The van der Waals surface area contributed by atoms with Crippen molar-refractivity contribution in [2.24, 2.45) is 5.41 Å². The summed E-state index contributed by atoms with van der Waals surface area (Å²) in [6.45, 7) is 4.65. The maximum Gasteiger partial charge on any atom is 0.313 e. The summed E-state index contributed by atoms with van der Waals surface area (Å²) >= 11 is 3.40. The van der Waals surface area contributed by atoms with Gasteiger partial charge in [0.15, 0.2) is 0 Å². The first-order valence-corrected chi connectivity index (χ1v) is 8.80. The molecule has 6 heteroatoms. The Morgan fingerprint density at radius 1 is 1.33 bits per heavy atom. The topological polar surface area (TPSA) is 66.8 Å². The first kappa shape index (κ1) is 18.9. The monoisotopic (exact) mass is 397 g/mol. The Hall–Kier alpha value is -1.40. The number of carboxylic acids is 1. The van der Waals surface area contributed by atoms with E-state index in [1.54, 1.807) is 4.90 Å². The molecular formula is C18H24BrNO4. The number of methoxy groups -OCH3 is 1. The molecular weight excluding hydrogens is 374 g/mol. The lowest BCUT2D eigenvalue weighted by atomic mass is 9.78. The summed E-state index contributed by atoms with van der Waals surface area (Å²) in [4.78, 5) is 26.5. The van der Waals surface area contributed by atoms with Gasteiger partial charge in [0, 0.05) is 24.7 Å². The number of carboxylic acid groups (broad SMARTS) is 1. The lowest BCUT2D eigenvalue weighted by Gasteiger charge is -2.42. The van der Waals surface area contributed by atoms with Gasteiger partial charge >= 0.3 is 5.97 Å². The van der Waals surface area contributed by atoms with E-state index < -0.39 is 16.8 Å². The van der Waals surface area contributed by atoms with Gasteiger partial charge in [0.05, 0.1) is 12.0 Å². The summed E-state index contributed by atoms with van der Waals surface area (Å²) in [5.74, 6) is -0.949. The number of piperidine rings is 1. The molecule has 1 amide bonds. The number of hydrogen-bond donors (Lipinski definition) is 1. The Morgan fingerprint density at radius 3 is 2.50 bits per heavy atom. The highest BCUT2D eigenvalue weighted by molar-refractivity contribution is 9.10. The van der Waals surface area contributed by atoms with Crippen molar-refractivity contribution in [1.82, 2.24) is 4.90 Å².